The number of carbonyl (C=O) groups is 2. The Hall–Kier alpha value is -0.900. The van der Waals surface area contributed by atoms with Crippen molar-refractivity contribution < 1.29 is 14.3 Å². The number of ether oxygens (including phenoxy) is 1. The summed E-state index contributed by atoms with van der Waals surface area (Å²) in [5.41, 5.74) is -0.368. The van der Waals surface area contributed by atoms with Crippen molar-refractivity contribution in [2.24, 2.45) is 11.8 Å². The van der Waals surface area contributed by atoms with Crippen LogP contribution >= 0.6 is 0 Å². The van der Waals surface area contributed by atoms with Crippen LogP contribution in [-0.2, 0) is 14.3 Å². The van der Waals surface area contributed by atoms with Crippen molar-refractivity contribution in [2.75, 3.05) is 7.05 Å². The molecule has 3 fully saturated rings. The molecule has 3 rings (SSSR count). The van der Waals surface area contributed by atoms with Crippen molar-refractivity contribution in [3.63, 3.8) is 0 Å². The molecule has 2 amide bonds. The monoisotopic (exact) mass is 195 g/mol. The van der Waals surface area contributed by atoms with Crippen LogP contribution in [0.25, 0.3) is 0 Å². The summed E-state index contributed by atoms with van der Waals surface area (Å²) in [5.74, 6) is -0.497. The van der Waals surface area contributed by atoms with Gasteiger partial charge in [-0.1, -0.05) is 0 Å². The Bertz CT molecular complexity index is 340. The average molecular weight is 195 g/mol. The fraction of sp³-hybridized carbons (Fsp3) is 0.800. The highest BCUT2D eigenvalue weighted by atomic mass is 16.5. The maximum Gasteiger partial charge on any atom is 0.235 e. The van der Waals surface area contributed by atoms with Crippen LogP contribution in [0.5, 0.6) is 0 Å². The highest BCUT2D eigenvalue weighted by Crippen LogP contribution is 2.54. The fourth-order valence-corrected chi connectivity index (χ4v) is 3.23. The van der Waals surface area contributed by atoms with E-state index in [1.165, 1.54) is 4.90 Å². The first-order chi connectivity index (χ1) is 6.54. The third-order valence-electron chi connectivity index (χ3n) is 3.98. The first-order valence-corrected chi connectivity index (χ1v) is 5.04. The van der Waals surface area contributed by atoms with E-state index < -0.39 is 0 Å². The predicted molar refractivity (Wildman–Crippen MR) is 47.3 cm³/mol. The first kappa shape index (κ1) is 8.41. The molecule has 0 aliphatic carbocycles. The van der Waals surface area contributed by atoms with Crippen molar-refractivity contribution in [1.82, 2.24) is 4.90 Å². The minimum absolute atomic E-state index is 0.00796. The molecule has 0 spiro atoms. The van der Waals surface area contributed by atoms with Crippen LogP contribution in [0.3, 0.4) is 0 Å². The van der Waals surface area contributed by atoms with Crippen molar-refractivity contribution in [2.45, 2.75) is 31.5 Å². The van der Waals surface area contributed by atoms with Crippen LogP contribution in [0, 0.1) is 11.8 Å². The maximum absolute atomic E-state index is 11.8. The van der Waals surface area contributed by atoms with Crippen LogP contribution < -0.4 is 0 Å². The van der Waals surface area contributed by atoms with Gasteiger partial charge in [0.1, 0.15) is 0 Å². The van der Waals surface area contributed by atoms with Gasteiger partial charge in [0.05, 0.1) is 23.5 Å². The zero-order chi connectivity index (χ0) is 10.1. The van der Waals surface area contributed by atoms with Crippen LogP contribution in [0.4, 0.5) is 0 Å². The lowest BCUT2D eigenvalue weighted by Crippen LogP contribution is -2.38. The molecule has 2 bridgehead atoms. The molecule has 4 nitrogen and oxygen atoms in total. The highest BCUT2D eigenvalue weighted by molar-refractivity contribution is 6.06. The second-order valence-corrected chi connectivity index (χ2v) is 4.75. The lowest BCUT2D eigenvalue weighted by atomic mass is 9.74. The Balaban J connectivity index is 2.08. The summed E-state index contributed by atoms with van der Waals surface area (Å²) in [6.45, 7) is 1.96. The lowest BCUT2D eigenvalue weighted by Gasteiger charge is -2.25. The number of likely N-dealkylation sites (tertiary alicyclic amines) is 1. The van der Waals surface area contributed by atoms with Gasteiger partial charge in [-0.25, -0.2) is 0 Å². The molecule has 0 radical (unpaired) electrons. The molecule has 0 aromatic carbocycles. The van der Waals surface area contributed by atoms with Gasteiger partial charge in [-0.2, -0.15) is 0 Å². The molecule has 4 heteroatoms. The number of carbonyl (C=O) groups excluding carboxylic acids is 2. The van der Waals surface area contributed by atoms with Gasteiger partial charge in [0.25, 0.3) is 0 Å². The number of imide groups is 1. The van der Waals surface area contributed by atoms with Gasteiger partial charge in [-0.15, -0.1) is 0 Å². The Morgan fingerprint density at radius 1 is 1.43 bits per heavy atom. The van der Waals surface area contributed by atoms with Gasteiger partial charge >= 0.3 is 0 Å². The van der Waals surface area contributed by atoms with Crippen LogP contribution in [-0.4, -0.2) is 35.5 Å². The van der Waals surface area contributed by atoms with Crippen molar-refractivity contribution >= 4 is 11.8 Å². The van der Waals surface area contributed by atoms with E-state index >= 15 is 0 Å². The van der Waals surface area contributed by atoms with Gasteiger partial charge in [0.2, 0.25) is 11.8 Å². The first-order valence-electron chi connectivity index (χ1n) is 5.04. The normalized spacial score (nSPS) is 50.4. The van der Waals surface area contributed by atoms with Crippen LogP contribution in [0.2, 0.25) is 0 Å². The van der Waals surface area contributed by atoms with Crippen molar-refractivity contribution in [3.05, 3.63) is 0 Å². The molecule has 0 aromatic heterocycles. The molecular formula is C10H13NO3. The molecule has 3 heterocycles. The van der Waals surface area contributed by atoms with E-state index in [0.717, 1.165) is 12.8 Å². The average Bonchev–Trinajstić information content (AvgIpc) is 2.72. The van der Waals surface area contributed by atoms with Crippen LogP contribution in [0.15, 0.2) is 0 Å². The smallest absolute Gasteiger partial charge is 0.235 e. The topological polar surface area (TPSA) is 46.6 Å². The van der Waals surface area contributed by atoms with E-state index in [-0.39, 0.29) is 35.4 Å². The number of rotatable bonds is 0. The summed E-state index contributed by atoms with van der Waals surface area (Å²) >= 11 is 0. The summed E-state index contributed by atoms with van der Waals surface area (Å²) in [5, 5.41) is 0. The quantitative estimate of drug-likeness (QED) is 0.517. The SMILES string of the molecule is CN1C(=O)C2C3CCC(C)(O3)C2C1=O. The van der Waals surface area contributed by atoms with E-state index in [0.29, 0.717) is 0 Å². The molecule has 0 aromatic rings. The molecule has 3 saturated heterocycles. The van der Waals surface area contributed by atoms with Gasteiger partial charge in [0, 0.05) is 7.05 Å². The van der Waals surface area contributed by atoms with E-state index in [1.807, 2.05) is 6.92 Å². The van der Waals surface area contributed by atoms with E-state index in [4.69, 9.17) is 4.74 Å². The molecule has 0 saturated carbocycles. The fourth-order valence-electron chi connectivity index (χ4n) is 3.23. The molecule has 4 atom stereocenters. The largest absolute Gasteiger partial charge is 0.370 e. The highest BCUT2D eigenvalue weighted by Gasteiger charge is 2.66. The van der Waals surface area contributed by atoms with Gasteiger partial charge in [-0.05, 0) is 19.8 Å². The van der Waals surface area contributed by atoms with Crippen molar-refractivity contribution in [1.29, 1.82) is 0 Å². The predicted octanol–water partition coefficient (Wildman–Crippen LogP) is 0.169. The lowest BCUT2D eigenvalue weighted by molar-refractivity contribution is -0.142. The Labute approximate surface area is 82.2 Å². The number of hydrogen-bond acceptors (Lipinski definition) is 3. The second kappa shape index (κ2) is 2.19. The third kappa shape index (κ3) is 0.704. The minimum Gasteiger partial charge on any atom is -0.370 e. The van der Waals surface area contributed by atoms with E-state index in [1.54, 1.807) is 7.05 Å². The van der Waals surface area contributed by atoms with Gasteiger partial charge in [0.15, 0.2) is 0 Å². The Morgan fingerprint density at radius 3 is 2.79 bits per heavy atom. The summed E-state index contributed by atoms with van der Waals surface area (Å²) < 4.78 is 5.75. The summed E-state index contributed by atoms with van der Waals surface area (Å²) in [6, 6.07) is 0. The molecule has 14 heavy (non-hydrogen) atoms. The molecule has 4 unspecified atom stereocenters. The molecule has 3 aliphatic heterocycles. The zero-order valence-electron chi connectivity index (χ0n) is 8.32. The van der Waals surface area contributed by atoms with E-state index in [2.05, 4.69) is 0 Å². The summed E-state index contributed by atoms with van der Waals surface area (Å²) in [4.78, 5) is 24.8. The zero-order valence-corrected chi connectivity index (χ0v) is 8.32. The minimum atomic E-state index is -0.368. The van der Waals surface area contributed by atoms with Crippen LogP contribution in [0.1, 0.15) is 19.8 Å². The Morgan fingerprint density at radius 2 is 2.14 bits per heavy atom. The number of amides is 2. The molecule has 76 valence electrons. The third-order valence-corrected chi connectivity index (χ3v) is 3.98. The molecular weight excluding hydrogens is 182 g/mol. The summed E-state index contributed by atoms with van der Waals surface area (Å²) in [6.07, 6.45) is 1.82. The standard InChI is InChI=1S/C10H13NO3/c1-10-4-3-5(14-10)6-7(10)9(13)11(2)8(6)12/h5-7H,3-4H2,1-2H3. The Kier molecular flexibility index (Phi) is 1.31. The number of hydrogen-bond donors (Lipinski definition) is 0. The van der Waals surface area contributed by atoms with E-state index in [9.17, 15) is 9.59 Å². The van der Waals surface area contributed by atoms with Gasteiger partial charge < -0.3 is 4.74 Å². The van der Waals surface area contributed by atoms with Crippen molar-refractivity contribution in [3.8, 4) is 0 Å². The van der Waals surface area contributed by atoms with Gasteiger partial charge in [-0.3, -0.25) is 14.5 Å². The number of nitrogens with zero attached hydrogens (tertiary/aromatic N) is 1. The molecule has 0 N–H and O–H groups in total. The summed E-state index contributed by atoms with van der Waals surface area (Å²) in [7, 11) is 1.58. The second-order valence-electron chi connectivity index (χ2n) is 4.75. The number of fused-ring (bicyclic) bond motifs is 5. The maximum atomic E-state index is 11.8. The molecule has 3 aliphatic rings.